The van der Waals surface area contributed by atoms with Crippen LogP contribution in [-0.2, 0) is 29.5 Å². The molecule has 0 saturated carbocycles. The molecule has 5 nitrogen and oxygen atoms in total. The van der Waals surface area contributed by atoms with E-state index < -0.39 is 10.0 Å². The highest BCUT2D eigenvalue weighted by atomic mass is 35.5. The van der Waals surface area contributed by atoms with Gasteiger partial charge in [0.1, 0.15) is 0 Å². The van der Waals surface area contributed by atoms with Crippen molar-refractivity contribution >= 4 is 27.5 Å². The molecule has 156 valence electrons. The van der Waals surface area contributed by atoms with Crippen LogP contribution in [0.5, 0.6) is 0 Å². The molecule has 4 rings (SSSR count). The molecular weight excluding hydrogens is 432 g/mol. The Morgan fingerprint density at radius 2 is 1.65 bits per heavy atom. The summed E-state index contributed by atoms with van der Waals surface area (Å²) in [6.07, 6.45) is 0.632. The fraction of sp³-hybridized carbons (Fsp3) is 0.125. The number of sulfonamides is 1. The van der Waals surface area contributed by atoms with Crippen molar-refractivity contribution < 1.29 is 13.2 Å². The van der Waals surface area contributed by atoms with E-state index in [4.69, 9.17) is 16.7 Å². The van der Waals surface area contributed by atoms with Gasteiger partial charge >= 0.3 is 0 Å². The lowest BCUT2D eigenvalue weighted by Gasteiger charge is -2.15. The van der Waals surface area contributed by atoms with Gasteiger partial charge in [-0.2, -0.15) is 0 Å². The van der Waals surface area contributed by atoms with Crippen LogP contribution in [0, 0.1) is 11.8 Å². The maximum atomic E-state index is 12.8. The van der Waals surface area contributed by atoms with E-state index >= 15 is 0 Å². The van der Waals surface area contributed by atoms with E-state index in [-0.39, 0.29) is 10.8 Å². The summed E-state index contributed by atoms with van der Waals surface area (Å²) in [7, 11) is -3.78. The van der Waals surface area contributed by atoms with E-state index in [2.05, 4.69) is 11.8 Å². The number of nitrogens with two attached hydrogens (primary N) is 1. The summed E-state index contributed by atoms with van der Waals surface area (Å²) in [6.45, 7) is 0.987. The third-order valence-corrected chi connectivity index (χ3v) is 6.27. The number of nitrogens with zero attached hydrogens (tertiary/aromatic N) is 1. The smallest absolute Gasteiger partial charge is 0.254 e. The van der Waals surface area contributed by atoms with Gasteiger partial charge in [-0.25, -0.2) is 13.6 Å². The molecule has 0 bridgehead atoms. The number of amides is 1. The molecule has 0 aliphatic carbocycles. The van der Waals surface area contributed by atoms with E-state index in [0.29, 0.717) is 30.1 Å². The van der Waals surface area contributed by atoms with Crippen LogP contribution < -0.4 is 5.14 Å². The van der Waals surface area contributed by atoms with Crippen molar-refractivity contribution in [2.45, 2.75) is 24.4 Å². The second-order valence-electron chi connectivity index (χ2n) is 7.32. The summed E-state index contributed by atoms with van der Waals surface area (Å²) < 4.78 is 22.8. The third kappa shape index (κ3) is 4.97. The lowest BCUT2D eigenvalue weighted by molar-refractivity contribution is 0.0751. The molecule has 7 heteroatoms. The SMILES string of the molecule is NS(=O)(=O)c1ccc(C(=O)N2Cc3ccc(C#CCc4ccc(Cl)cc4)cc3C2)cc1. The number of benzene rings is 3. The molecule has 0 aromatic heterocycles. The lowest BCUT2D eigenvalue weighted by atomic mass is 10.1. The Kier molecular flexibility index (Phi) is 5.84. The number of hydrogen-bond acceptors (Lipinski definition) is 3. The van der Waals surface area contributed by atoms with Gasteiger partial charge in [-0.1, -0.05) is 41.6 Å². The normalized spacial score (nSPS) is 12.8. The number of halogens is 1. The van der Waals surface area contributed by atoms with Crippen molar-refractivity contribution in [3.05, 3.63) is 99.6 Å². The van der Waals surface area contributed by atoms with Crippen molar-refractivity contribution in [2.75, 3.05) is 0 Å². The first kappa shape index (κ1) is 21.1. The van der Waals surface area contributed by atoms with Gasteiger partial charge in [0, 0.05) is 35.7 Å². The monoisotopic (exact) mass is 450 g/mol. The third-order valence-electron chi connectivity index (χ3n) is 5.08. The molecule has 0 saturated heterocycles. The molecule has 3 aromatic rings. The fourth-order valence-corrected chi connectivity index (χ4v) is 4.08. The average molecular weight is 451 g/mol. The van der Waals surface area contributed by atoms with Gasteiger partial charge in [-0.3, -0.25) is 4.79 Å². The first-order valence-electron chi connectivity index (χ1n) is 9.57. The predicted molar refractivity (Wildman–Crippen MR) is 120 cm³/mol. The van der Waals surface area contributed by atoms with Crippen LogP contribution in [0.2, 0.25) is 5.02 Å². The molecule has 1 heterocycles. The highest BCUT2D eigenvalue weighted by molar-refractivity contribution is 7.89. The molecule has 0 spiro atoms. The molecule has 3 aromatic carbocycles. The topological polar surface area (TPSA) is 80.5 Å². The largest absolute Gasteiger partial charge is 0.330 e. The highest BCUT2D eigenvalue weighted by Gasteiger charge is 2.24. The number of rotatable bonds is 3. The zero-order valence-electron chi connectivity index (χ0n) is 16.5. The Bertz CT molecular complexity index is 1310. The van der Waals surface area contributed by atoms with E-state index in [0.717, 1.165) is 22.3 Å². The zero-order chi connectivity index (χ0) is 22.0. The molecule has 0 fully saturated rings. The molecular formula is C24H19ClN2O3S. The lowest BCUT2D eigenvalue weighted by Crippen LogP contribution is -2.25. The van der Waals surface area contributed by atoms with Crippen molar-refractivity contribution in [1.82, 2.24) is 4.90 Å². The Hall–Kier alpha value is -3.11. The van der Waals surface area contributed by atoms with Crippen molar-refractivity contribution in [3.8, 4) is 11.8 Å². The minimum absolute atomic E-state index is 0.0180. The Balaban J connectivity index is 1.44. The fourth-order valence-electron chi connectivity index (χ4n) is 3.44. The summed E-state index contributed by atoms with van der Waals surface area (Å²) >= 11 is 5.90. The summed E-state index contributed by atoms with van der Waals surface area (Å²) in [5.74, 6) is 6.19. The predicted octanol–water partition coefficient (Wildman–Crippen LogP) is 3.74. The van der Waals surface area contributed by atoms with Gasteiger partial charge in [0.15, 0.2) is 0 Å². The van der Waals surface area contributed by atoms with Gasteiger partial charge in [0.2, 0.25) is 10.0 Å². The number of carbonyl (C=O) groups excluding carboxylic acids is 1. The first-order chi connectivity index (χ1) is 14.8. The van der Waals surface area contributed by atoms with Crippen LogP contribution in [0.25, 0.3) is 0 Å². The Morgan fingerprint density at radius 3 is 2.32 bits per heavy atom. The van der Waals surface area contributed by atoms with E-state index in [9.17, 15) is 13.2 Å². The molecule has 1 aliphatic heterocycles. The minimum Gasteiger partial charge on any atom is -0.330 e. The molecule has 0 atom stereocenters. The molecule has 31 heavy (non-hydrogen) atoms. The molecule has 0 unspecified atom stereocenters. The first-order valence-corrected chi connectivity index (χ1v) is 11.5. The van der Waals surface area contributed by atoms with Crippen molar-refractivity contribution in [3.63, 3.8) is 0 Å². The van der Waals surface area contributed by atoms with Crippen LogP contribution in [0.4, 0.5) is 0 Å². The zero-order valence-corrected chi connectivity index (χ0v) is 18.1. The molecule has 1 aliphatic rings. The standard InChI is InChI=1S/C24H19ClN2O3S/c25-22-10-5-17(6-11-22)2-1-3-18-4-7-20-15-27(16-21(20)14-18)24(28)19-8-12-23(13-9-19)31(26,29)30/h4-14H,2,15-16H2,(H2,26,29,30). The van der Waals surface area contributed by atoms with Crippen LogP contribution in [-0.4, -0.2) is 19.2 Å². The van der Waals surface area contributed by atoms with Crippen LogP contribution in [0.15, 0.2) is 71.6 Å². The average Bonchev–Trinajstić information content (AvgIpc) is 3.17. The van der Waals surface area contributed by atoms with Gasteiger partial charge in [-0.15, -0.1) is 0 Å². The van der Waals surface area contributed by atoms with E-state index in [1.54, 1.807) is 4.90 Å². The molecule has 2 N–H and O–H groups in total. The number of primary sulfonamides is 1. The Morgan fingerprint density at radius 1 is 0.968 bits per heavy atom. The van der Waals surface area contributed by atoms with E-state index in [1.807, 2.05) is 42.5 Å². The second-order valence-corrected chi connectivity index (χ2v) is 9.32. The van der Waals surface area contributed by atoms with Gasteiger partial charge in [-0.05, 0) is 65.2 Å². The minimum atomic E-state index is -3.78. The number of hydrogen-bond donors (Lipinski definition) is 1. The summed E-state index contributed by atoms with van der Waals surface area (Å²) in [5.41, 5.74) is 4.57. The maximum absolute atomic E-state index is 12.8. The Labute approximate surface area is 186 Å². The summed E-state index contributed by atoms with van der Waals surface area (Å²) in [6, 6.07) is 19.3. The van der Waals surface area contributed by atoms with Crippen molar-refractivity contribution in [1.29, 1.82) is 0 Å². The number of carbonyl (C=O) groups is 1. The number of fused-ring (bicyclic) bond motifs is 1. The van der Waals surface area contributed by atoms with Crippen LogP contribution >= 0.6 is 11.6 Å². The van der Waals surface area contributed by atoms with Gasteiger partial charge < -0.3 is 4.90 Å². The second kappa shape index (κ2) is 8.56. The molecule has 0 radical (unpaired) electrons. The van der Waals surface area contributed by atoms with Gasteiger partial charge in [0.05, 0.1) is 4.90 Å². The van der Waals surface area contributed by atoms with Crippen LogP contribution in [0.1, 0.15) is 32.6 Å². The quantitative estimate of drug-likeness (QED) is 0.617. The summed E-state index contributed by atoms with van der Waals surface area (Å²) in [5, 5.41) is 5.81. The maximum Gasteiger partial charge on any atom is 0.254 e. The van der Waals surface area contributed by atoms with Crippen molar-refractivity contribution in [2.24, 2.45) is 5.14 Å². The van der Waals surface area contributed by atoms with Gasteiger partial charge in [0.25, 0.3) is 5.91 Å². The molecule has 1 amide bonds. The van der Waals surface area contributed by atoms with Crippen LogP contribution in [0.3, 0.4) is 0 Å². The van der Waals surface area contributed by atoms with E-state index in [1.165, 1.54) is 24.3 Å². The summed E-state index contributed by atoms with van der Waals surface area (Å²) in [4.78, 5) is 14.5. The highest BCUT2D eigenvalue weighted by Crippen LogP contribution is 2.25.